The molecule has 0 atom stereocenters. The van der Waals surface area contributed by atoms with Crippen LogP contribution in [0.3, 0.4) is 0 Å². The number of carbonyl (C=O) groups is 2. The Hall–Kier alpha value is -2.19. The zero-order valence-corrected chi connectivity index (χ0v) is 10.2. The Balaban J connectivity index is 2.58. The fourth-order valence-electron chi connectivity index (χ4n) is 1.71. The van der Waals surface area contributed by atoms with Crippen LogP contribution in [0.15, 0.2) is 0 Å². The highest BCUT2D eigenvalue weighted by atomic mass is 19.2. The van der Waals surface area contributed by atoms with E-state index >= 15 is 0 Å². The molecule has 0 unspecified atom stereocenters. The van der Waals surface area contributed by atoms with Crippen molar-refractivity contribution in [1.29, 1.82) is 0 Å². The van der Waals surface area contributed by atoms with Crippen LogP contribution in [0.5, 0.6) is 0 Å². The predicted octanol–water partition coefficient (Wildman–Crippen LogP) is 1.56. The van der Waals surface area contributed by atoms with Crippen LogP contribution in [0, 0.1) is 23.5 Å². The van der Waals surface area contributed by atoms with Gasteiger partial charge >= 0.3 is 11.9 Å². The smallest absolute Gasteiger partial charge is 0.328 e. The van der Waals surface area contributed by atoms with Gasteiger partial charge in [-0.3, -0.25) is 9.59 Å². The summed E-state index contributed by atoms with van der Waals surface area (Å²) >= 11 is 0. The molecule has 1 saturated heterocycles. The Kier molecular flexibility index (Phi) is 3.15. The average Bonchev–Trinajstić information content (AvgIpc) is 2.28. The van der Waals surface area contributed by atoms with Crippen molar-refractivity contribution in [1.82, 2.24) is 4.98 Å². The van der Waals surface area contributed by atoms with E-state index in [0.717, 1.165) is 0 Å². The van der Waals surface area contributed by atoms with Crippen LogP contribution in [0.25, 0.3) is 0 Å². The average molecular weight is 293 g/mol. The maximum absolute atomic E-state index is 13.5. The lowest BCUT2D eigenvalue weighted by Gasteiger charge is -2.33. The molecule has 0 N–H and O–H groups in total. The summed E-state index contributed by atoms with van der Waals surface area (Å²) in [7, 11) is 0. The number of nitrogens with zero attached hydrogens (tertiary/aromatic N) is 1. The first kappa shape index (κ1) is 14.2. The molecule has 1 aromatic rings. The minimum absolute atomic E-state index is 1.21. The van der Waals surface area contributed by atoms with Crippen molar-refractivity contribution in [3.63, 3.8) is 0 Å². The van der Waals surface area contributed by atoms with Crippen LogP contribution >= 0.6 is 0 Å². The Labute approximate surface area is 109 Å². The number of cyclic esters (lactones) is 2. The second-order valence-electron chi connectivity index (χ2n) is 4.41. The lowest BCUT2D eigenvalue weighted by Crippen LogP contribution is -2.45. The van der Waals surface area contributed by atoms with Crippen molar-refractivity contribution in [3.8, 4) is 0 Å². The van der Waals surface area contributed by atoms with Gasteiger partial charge in [-0.1, -0.05) is 0 Å². The second kappa shape index (κ2) is 4.43. The van der Waals surface area contributed by atoms with Crippen molar-refractivity contribution in [2.75, 3.05) is 0 Å². The predicted molar refractivity (Wildman–Crippen MR) is 53.1 cm³/mol. The summed E-state index contributed by atoms with van der Waals surface area (Å²) in [5.41, 5.74) is -1.43. The molecule has 0 saturated carbocycles. The Bertz CT molecular complexity index is 571. The van der Waals surface area contributed by atoms with Crippen LogP contribution in [0.1, 0.15) is 25.3 Å². The van der Waals surface area contributed by atoms with Crippen molar-refractivity contribution in [3.05, 3.63) is 29.1 Å². The maximum atomic E-state index is 13.5. The second-order valence-corrected chi connectivity index (χ2v) is 4.41. The van der Waals surface area contributed by atoms with Crippen molar-refractivity contribution < 1.29 is 36.6 Å². The third kappa shape index (κ3) is 2.19. The molecule has 2 heterocycles. The highest BCUT2D eigenvalue weighted by Crippen LogP contribution is 2.33. The van der Waals surface area contributed by atoms with E-state index in [-0.39, 0.29) is 0 Å². The van der Waals surface area contributed by atoms with Crippen molar-refractivity contribution in [2.45, 2.75) is 25.6 Å². The molecule has 1 aliphatic rings. The summed E-state index contributed by atoms with van der Waals surface area (Å²) in [5.74, 6) is -14.5. The molecule has 1 aromatic heterocycles. The van der Waals surface area contributed by atoms with Gasteiger partial charge < -0.3 is 9.47 Å². The third-order valence-electron chi connectivity index (χ3n) is 2.48. The number of pyridine rings is 1. The molecule has 1 fully saturated rings. The van der Waals surface area contributed by atoms with Gasteiger partial charge in [-0.05, 0) is 0 Å². The van der Waals surface area contributed by atoms with E-state index in [1.165, 1.54) is 13.8 Å². The van der Waals surface area contributed by atoms with Gasteiger partial charge in [0, 0.05) is 13.8 Å². The van der Waals surface area contributed by atoms with Gasteiger partial charge in [-0.15, -0.1) is 0 Å². The molecular formula is C11H7F4NO4. The van der Waals surface area contributed by atoms with Crippen LogP contribution in [0.4, 0.5) is 17.6 Å². The highest BCUT2D eigenvalue weighted by Gasteiger charge is 2.47. The number of carbonyl (C=O) groups excluding carboxylic acids is 2. The molecule has 0 spiro atoms. The van der Waals surface area contributed by atoms with Gasteiger partial charge in [0.15, 0.2) is 17.6 Å². The fourth-order valence-corrected chi connectivity index (χ4v) is 1.71. The molecule has 0 aromatic carbocycles. The monoisotopic (exact) mass is 293 g/mol. The molecule has 5 nitrogen and oxygen atoms in total. The molecular weight excluding hydrogens is 286 g/mol. The molecule has 20 heavy (non-hydrogen) atoms. The van der Waals surface area contributed by atoms with Crippen molar-refractivity contribution in [2.24, 2.45) is 0 Å². The van der Waals surface area contributed by atoms with E-state index < -0.39 is 52.7 Å². The van der Waals surface area contributed by atoms with Gasteiger partial charge in [0.2, 0.25) is 0 Å². The lowest BCUT2D eigenvalue weighted by atomic mass is 9.98. The molecule has 1 aliphatic heterocycles. The first-order chi connectivity index (χ1) is 9.14. The Morgan fingerprint density at radius 3 is 1.75 bits per heavy atom. The van der Waals surface area contributed by atoms with Gasteiger partial charge in [0.25, 0.3) is 17.7 Å². The Morgan fingerprint density at radius 2 is 1.35 bits per heavy atom. The van der Waals surface area contributed by atoms with Crippen LogP contribution in [-0.4, -0.2) is 22.7 Å². The van der Waals surface area contributed by atoms with Crippen LogP contribution in [0.2, 0.25) is 0 Å². The minimum Gasteiger partial charge on any atom is -0.422 e. The van der Waals surface area contributed by atoms with Gasteiger partial charge in [-0.25, -0.2) is 8.78 Å². The van der Waals surface area contributed by atoms with E-state index in [1.54, 1.807) is 0 Å². The SMILES string of the molecule is CC1(C)OC(=O)C(c2c(F)c(F)nc(F)c2F)C(=O)O1. The molecule has 2 rings (SSSR count). The fraction of sp³-hybridized carbons (Fsp3) is 0.364. The zero-order chi connectivity index (χ0) is 15.2. The molecule has 0 amide bonds. The number of hydrogen-bond acceptors (Lipinski definition) is 5. The van der Waals surface area contributed by atoms with E-state index in [0.29, 0.717) is 0 Å². The molecule has 0 aliphatic carbocycles. The minimum atomic E-state index is -2.25. The standard InChI is InChI=1S/C11H7F4NO4/c1-11(2)19-9(17)4(10(18)20-11)3-5(12)7(14)16-8(15)6(3)13/h4H,1-2H3. The summed E-state index contributed by atoms with van der Waals surface area (Å²) < 4.78 is 62.2. The summed E-state index contributed by atoms with van der Waals surface area (Å²) in [4.78, 5) is 25.6. The molecule has 9 heteroatoms. The number of hydrogen-bond donors (Lipinski definition) is 0. The molecule has 0 bridgehead atoms. The van der Waals surface area contributed by atoms with E-state index in [4.69, 9.17) is 0 Å². The highest BCUT2D eigenvalue weighted by molar-refractivity contribution is 6.02. The van der Waals surface area contributed by atoms with Gasteiger partial charge in [0.05, 0.1) is 5.56 Å². The summed E-state index contributed by atoms with van der Waals surface area (Å²) in [6, 6.07) is 0. The first-order valence-corrected chi connectivity index (χ1v) is 5.29. The third-order valence-corrected chi connectivity index (χ3v) is 2.48. The quantitative estimate of drug-likeness (QED) is 0.340. The van der Waals surface area contributed by atoms with Crippen molar-refractivity contribution >= 4 is 11.9 Å². The van der Waals surface area contributed by atoms with E-state index in [1.807, 2.05) is 0 Å². The number of ether oxygens (including phenoxy) is 2. The lowest BCUT2D eigenvalue weighted by molar-refractivity contribution is -0.234. The van der Waals surface area contributed by atoms with Gasteiger partial charge in [-0.2, -0.15) is 13.8 Å². The number of rotatable bonds is 1. The zero-order valence-electron chi connectivity index (χ0n) is 10.2. The Morgan fingerprint density at radius 1 is 0.950 bits per heavy atom. The summed E-state index contributed by atoms with van der Waals surface area (Å²) in [6.45, 7) is 2.42. The maximum Gasteiger partial charge on any atom is 0.328 e. The van der Waals surface area contributed by atoms with E-state index in [9.17, 15) is 27.2 Å². The van der Waals surface area contributed by atoms with E-state index in [2.05, 4.69) is 14.5 Å². The van der Waals surface area contributed by atoms with Gasteiger partial charge in [0.1, 0.15) is 0 Å². The topological polar surface area (TPSA) is 65.5 Å². The number of halogens is 4. The molecule has 108 valence electrons. The summed E-state index contributed by atoms with van der Waals surface area (Å²) in [6.07, 6.45) is 0. The van der Waals surface area contributed by atoms with Crippen LogP contribution in [-0.2, 0) is 19.1 Å². The summed E-state index contributed by atoms with van der Waals surface area (Å²) in [5, 5.41) is 0. The first-order valence-electron chi connectivity index (χ1n) is 5.29. The molecule has 0 radical (unpaired) electrons. The normalized spacial score (nSPS) is 18.7. The number of aromatic nitrogens is 1. The number of esters is 2. The van der Waals surface area contributed by atoms with Crippen LogP contribution < -0.4 is 0 Å². The largest absolute Gasteiger partial charge is 0.422 e.